The van der Waals surface area contributed by atoms with E-state index in [1.807, 2.05) is 30.3 Å². The van der Waals surface area contributed by atoms with Crippen LogP contribution < -0.4 is 24.8 Å². The fraction of sp³-hybridized carbons (Fsp3) is 0.143. The van der Waals surface area contributed by atoms with Gasteiger partial charge in [-0.2, -0.15) is 0 Å². The summed E-state index contributed by atoms with van der Waals surface area (Å²) < 4.78 is 15.8. The molecule has 0 saturated carbocycles. The third-order valence-electron chi connectivity index (χ3n) is 4.26. The van der Waals surface area contributed by atoms with Crippen LogP contribution >= 0.6 is 0 Å². The normalized spacial score (nSPS) is 11.8. The summed E-state index contributed by atoms with van der Waals surface area (Å²) in [5, 5.41) is 6.06. The molecule has 1 aliphatic heterocycles. The first kappa shape index (κ1) is 17.7. The van der Waals surface area contributed by atoms with Crippen LogP contribution in [0.1, 0.15) is 15.9 Å². The number of hydrogen-bond donors (Lipinski definition) is 2. The van der Waals surface area contributed by atoms with Crippen LogP contribution in [-0.4, -0.2) is 24.8 Å². The third kappa shape index (κ3) is 3.98. The van der Waals surface area contributed by atoms with E-state index in [0.717, 1.165) is 17.1 Å². The van der Waals surface area contributed by atoms with Crippen molar-refractivity contribution in [3.05, 3.63) is 71.9 Å². The average molecular weight is 377 g/mol. The fourth-order valence-corrected chi connectivity index (χ4v) is 2.78. The number of ether oxygens (including phenoxy) is 3. The van der Waals surface area contributed by atoms with E-state index in [2.05, 4.69) is 15.6 Å². The zero-order chi connectivity index (χ0) is 19.3. The molecule has 1 amide bonds. The monoisotopic (exact) mass is 377 g/mol. The number of nitrogens with zero attached hydrogens (tertiary/aromatic N) is 1. The molecule has 0 atom stereocenters. The molecule has 1 aliphatic rings. The molecular formula is C21H19N3O4. The predicted octanol–water partition coefficient (Wildman–Crippen LogP) is 3.68. The molecule has 2 N–H and O–H groups in total. The number of rotatable bonds is 6. The zero-order valence-electron chi connectivity index (χ0n) is 15.3. The molecule has 3 aromatic rings. The molecule has 7 heteroatoms. The van der Waals surface area contributed by atoms with Crippen molar-refractivity contribution in [3.63, 3.8) is 0 Å². The summed E-state index contributed by atoms with van der Waals surface area (Å²) in [6.07, 6.45) is 1.54. The molecule has 4 rings (SSSR count). The van der Waals surface area contributed by atoms with Crippen molar-refractivity contribution >= 4 is 17.4 Å². The van der Waals surface area contributed by atoms with Crippen LogP contribution in [0.4, 0.5) is 11.5 Å². The Labute approximate surface area is 162 Å². The molecule has 7 nitrogen and oxygen atoms in total. The smallest absolute Gasteiger partial charge is 0.257 e. The number of aromatic nitrogens is 1. The molecule has 0 bridgehead atoms. The van der Waals surface area contributed by atoms with Gasteiger partial charge in [0.25, 0.3) is 5.91 Å². The van der Waals surface area contributed by atoms with Gasteiger partial charge in [-0.05, 0) is 42.0 Å². The van der Waals surface area contributed by atoms with E-state index in [0.29, 0.717) is 29.4 Å². The van der Waals surface area contributed by atoms with Gasteiger partial charge in [0.05, 0.1) is 12.7 Å². The van der Waals surface area contributed by atoms with Crippen molar-refractivity contribution in [2.75, 3.05) is 24.5 Å². The Balaban J connectivity index is 1.36. The number of benzene rings is 2. The Hall–Kier alpha value is -3.74. The standard InChI is InChI=1S/C21H19N3O4/c1-26-17-4-2-3-16(10-17)24-21(25)15-6-8-20(23-12-15)22-11-14-5-7-18-19(9-14)28-13-27-18/h2-10,12H,11,13H2,1H3,(H,22,23)(H,24,25). The van der Waals surface area contributed by atoms with Gasteiger partial charge < -0.3 is 24.8 Å². The van der Waals surface area contributed by atoms with E-state index in [4.69, 9.17) is 14.2 Å². The highest BCUT2D eigenvalue weighted by Crippen LogP contribution is 2.32. The summed E-state index contributed by atoms with van der Waals surface area (Å²) in [5.41, 5.74) is 2.18. The number of methoxy groups -OCH3 is 1. The first-order valence-corrected chi connectivity index (χ1v) is 8.75. The Kier molecular flexibility index (Phi) is 4.97. The molecule has 2 aromatic carbocycles. The minimum atomic E-state index is -0.233. The summed E-state index contributed by atoms with van der Waals surface area (Å²) in [6.45, 7) is 0.839. The second-order valence-electron chi connectivity index (χ2n) is 6.16. The van der Waals surface area contributed by atoms with Gasteiger partial charge >= 0.3 is 0 Å². The first-order valence-electron chi connectivity index (χ1n) is 8.75. The topological polar surface area (TPSA) is 81.7 Å². The van der Waals surface area contributed by atoms with E-state index >= 15 is 0 Å². The molecule has 2 heterocycles. The van der Waals surface area contributed by atoms with Crippen molar-refractivity contribution in [3.8, 4) is 17.2 Å². The molecular weight excluding hydrogens is 358 g/mol. The van der Waals surface area contributed by atoms with Gasteiger partial charge in [-0.1, -0.05) is 12.1 Å². The van der Waals surface area contributed by atoms with Crippen LogP contribution in [0.25, 0.3) is 0 Å². The number of nitrogens with one attached hydrogen (secondary N) is 2. The quantitative estimate of drug-likeness (QED) is 0.682. The minimum Gasteiger partial charge on any atom is -0.497 e. The molecule has 0 unspecified atom stereocenters. The Morgan fingerprint density at radius 2 is 2.00 bits per heavy atom. The van der Waals surface area contributed by atoms with Crippen LogP contribution in [-0.2, 0) is 6.54 Å². The summed E-state index contributed by atoms with van der Waals surface area (Å²) >= 11 is 0. The molecule has 142 valence electrons. The Morgan fingerprint density at radius 1 is 1.11 bits per heavy atom. The SMILES string of the molecule is COc1cccc(NC(=O)c2ccc(NCc3ccc4c(c3)OCO4)nc2)c1. The molecule has 0 fully saturated rings. The lowest BCUT2D eigenvalue weighted by atomic mass is 10.2. The molecule has 1 aromatic heterocycles. The van der Waals surface area contributed by atoms with Gasteiger partial charge in [0.2, 0.25) is 6.79 Å². The van der Waals surface area contributed by atoms with E-state index in [1.54, 1.807) is 31.4 Å². The highest BCUT2D eigenvalue weighted by molar-refractivity contribution is 6.04. The minimum absolute atomic E-state index is 0.233. The van der Waals surface area contributed by atoms with Crippen molar-refractivity contribution in [2.45, 2.75) is 6.54 Å². The lowest BCUT2D eigenvalue weighted by Gasteiger charge is -2.09. The summed E-state index contributed by atoms with van der Waals surface area (Å²) in [4.78, 5) is 16.7. The number of carbonyl (C=O) groups is 1. The highest BCUT2D eigenvalue weighted by atomic mass is 16.7. The fourth-order valence-electron chi connectivity index (χ4n) is 2.78. The first-order chi connectivity index (χ1) is 13.7. The second-order valence-corrected chi connectivity index (χ2v) is 6.16. The maximum absolute atomic E-state index is 12.4. The second kappa shape index (κ2) is 7.87. The number of hydrogen-bond acceptors (Lipinski definition) is 6. The largest absolute Gasteiger partial charge is 0.497 e. The maximum Gasteiger partial charge on any atom is 0.257 e. The van der Waals surface area contributed by atoms with Crippen LogP contribution in [0.3, 0.4) is 0 Å². The summed E-state index contributed by atoms with van der Waals surface area (Å²) in [6, 6.07) is 16.5. The number of carbonyl (C=O) groups excluding carboxylic acids is 1. The van der Waals surface area contributed by atoms with Gasteiger partial charge in [0, 0.05) is 24.5 Å². The van der Waals surface area contributed by atoms with Gasteiger partial charge in [-0.15, -0.1) is 0 Å². The zero-order valence-corrected chi connectivity index (χ0v) is 15.3. The molecule has 0 aliphatic carbocycles. The Morgan fingerprint density at radius 3 is 2.82 bits per heavy atom. The molecule has 0 spiro atoms. The van der Waals surface area contributed by atoms with Crippen LogP contribution in [0.2, 0.25) is 0 Å². The van der Waals surface area contributed by atoms with Gasteiger partial charge in [-0.3, -0.25) is 4.79 Å². The van der Waals surface area contributed by atoms with E-state index in [1.165, 1.54) is 6.20 Å². The number of fused-ring (bicyclic) bond motifs is 1. The van der Waals surface area contributed by atoms with E-state index in [-0.39, 0.29) is 12.7 Å². The lowest BCUT2D eigenvalue weighted by molar-refractivity contribution is 0.102. The van der Waals surface area contributed by atoms with Crippen molar-refractivity contribution < 1.29 is 19.0 Å². The van der Waals surface area contributed by atoms with Crippen molar-refractivity contribution in [2.24, 2.45) is 0 Å². The third-order valence-corrected chi connectivity index (χ3v) is 4.26. The predicted molar refractivity (Wildman–Crippen MR) is 105 cm³/mol. The summed E-state index contributed by atoms with van der Waals surface area (Å²) in [5.74, 6) is 2.63. The number of pyridine rings is 1. The number of anilines is 2. The van der Waals surface area contributed by atoms with Crippen LogP contribution in [0.5, 0.6) is 17.2 Å². The Bertz CT molecular complexity index is 989. The molecule has 0 saturated heterocycles. The lowest BCUT2D eigenvalue weighted by Crippen LogP contribution is -2.12. The maximum atomic E-state index is 12.4. The van der Waals surface area contributed by atoms with Crippen molar-refractivity contribution in [1.29, 1.82) is 0 Å². The van der Waals surface area contributed by atoms with Crippen LogP contribution in [0, 0.1) is 0 Å². The average Bonchev–Trinajstić information content (AvgIpc) is 3.20. The molecule has 0 radical (unpaired) electrons. The number of amides is 1. The van der Waals surface area contributed by atoms with Crippen LogP contribution in [0.15, 0.2) is 60.8 Å². The summed E-state index contributed by atoms with van der Waals surface area (Å²) in [7, 11) is 1.58. The van der Waals surface area contributed by atoms with Gasteiger partial charge in [0.15, 0.2) is 11.5 Å². The van der Waals surface area contributed by atoms with Crippen molar-refractivity contribution in [1.82, 2.24) is 4.98 Å². The van der Waals surface area contributed by atoms with Gasteiger partial charge in [0.1, 0.15) is 11.6 Å². The van der Waals surface area contributed by atoms with E-state index < -0.39 is 0 Å². The van der Waals surface area contributed by atoms with E-state index in [9.17, 15) is 4.79 Å². The highest BCUT2D eigenvalue weighted by Gasteiger charge is 2.13. The van der Waals surface area contributed by atoms with Gasteiger partial charge in [-0.25, -0.2) is 4.98 Å². The molecule has 28 heavy (non-hydrogen) atoms.